The Morgan fingerprint density at radius 2 is 1.58 bits per heavy atom. The molecule has 0 spiro atoms. The fraction of sp³-hybridized carbons (Fsp3) is 1.00. The van der Waals surface area contributed by atoms with Gasteiger partial charge >= 0.3 is 0 Å². The third kappa shape index (κ3) is 5.43. The number of nitrogens with zero attached hydrogens (tertiary/aromatic N) is 1. The Hall–Kier alpha value is -0.0800. The largest absolute Gasteiger partial charge is 0.311 e. The molecule has 1 heterocycles. The first kappa shape index (κ1) is 17.0. The monoisotopic (exact) mass is 268 g/mol. The van der Waals surface area contributed by atoms with E-state index in [0.29, 0.717) is 6.04 Å². The molecule has 0 aromatic carbocycles. The Bertz CT molecular complexity index is 227. The van der Waals surface area contributed by atoms with Crippen LogP contribution in [0.3, 0.4) is 0 Å². The number of rotatable bonds is 7. The Morgan fingerprint density at radius 1 is 1.00 bits per heavy atom. The lowest BCUT2D eigenvalue weighted by Gasteiger charge is -2.45. The second-order valence-electron chi connectivity index (χ2n) is 7.19. The summed E-state index contributed by atoms with van der Waals surface area (Å²) < 4.78 is 0. The van der Waals surface area contributed by atoms with Crippen molar-refractivity contribution in [2.75, 3.05) is 13.1 Å². The van der Waals surface area contributed by atoms with Crippen LogP contribution < -0.4 is 5.32 Å². The molecule has 0 aliphatic carbocycles. The van der Waals surface area contributed by atoms with Crippen LogP contribution in [0.5, 0.6) is 0 Å². The molecule has 1 rings (SSSR count). The van der Waals surface area contributed by atoms with E-state index >= 15 is 0 Å². The molecule has 1 fully saturated rings. The van der Waals surface area contributed by atoms with Crippen LogP contribution >= 0.6 is 0 Å². The van der Waals surface area contributed by atoms with Crippen molar-refractivity contribution in [3.63, 3.8) is 0 Å². The van der Waals surface area contributed by atoms with E-state index in [9.17, 15) is 0 Å². The lowest BCUT2D eigenvalue weighted by atomic mass is 9.91. The van der Waals surface area contributed by atoms with E-state index in [0.717, 1.165) is 23.9 Å². The van der Waals surface area contributed by atoms with Gasteiger partial charge in [-0.3, -0.25) is 4.90 Å². The van der Waals surface area contributed by atoms with Crippen molar-refractivity contribution in [1.82, 2.24) is 10.2 Å². The fourth-order valence-corrected chi connectivity index (χ4v) is 3.44. The van der Waals surface area contributed by atoms with Crippen LogP contribution in [0.1, 0.15) is 67.2 Å². The second kappa shape index (κ2) is 8.26. The molecular formula is C17H36N2. The van der Waals surface area contributed by atoms with Crippen molar-refractivity contribution < 1.29 is 0 Å². The molecule has 19 heavy (non-hydrogen) atoms. The maximum Gasteiger partial charge on any atom is 0.0221 e. The van der Waals surface area contributed by atoms with Gasteiger partial charge in [0.05, 0.1) is 0 Å². The van der Waals surface area contributed by atoms with Gasteiger partial charge in [0.1, 0.15) is 0 Å². The van der Waals surface area contributed by atoms with E-state index in [-0.39, 0.29) is 0 Å². The summed E-state index contributed by atoms with van der Waals surface area (Å²) in [5, 5.41) is 3.72. The zero-order valence-electron chi connectivity index (χ0n) is 14.1. The van der Waals surface area contributed by atoms with Crippen LogP contribution in [0.2, 0.25) is 0 Å². The van der Waals surface area contributed by atoms with Gasteiger partial charge in [-0.2, -0.15) is 0 Å². The molecule has 2 unspecified atom stereocenters. The molecule has 1 aliphatic rings. The van der Waals surface area contributed by atoms with Gasteiger partial charge in [-0.1, -0.05) is 41.5 Å². The summed E-state index contributed by atoms with van der Waals surface area (Å²) in [6.45, 7) is 16.6. The SMILES string of the molecule is CCC1CN(C(CC(C)C)CC(C)C)C(CC)CN1. The van der Waals surface area contributed by atoms with Gasteiger partial charge in [0.25, 0.3) is 0 Å². The lowest BCUT2D eigenvalue weighted by Crippen LogP contribution is -2.59. The molecule has 2 nitrogen and oxygen atoms in total. The summed E-state index contributed by atoms with van der Waals surface area (Å²) in [5.41, 5.74) is 0. The van der Waals surface area contributed by atoms with Gasteiger partial charge in [-0.15, -0.1) is 0 Å². The summed E-state index contributed by atoms with van der Waals surface area (Å²) in [6, 6.07) is 2.22. The van der Waals surface area contributed by atoms with E-state index in [1.54, 1.807) is 0 Å². The average molecular weight is 268 g/mol. The molecule has 2 heteroatoms. The van der Waals surface area contributed by atoms with Crippen molar-refractivity contribution >= 4 is 0 Å². The van der Waals surface area contributed by atoms with E-state index in [1.165, 1.54) is 38.8 Å². The first-order valence-corrected chi connectivity index (χ1v) is 8.46. The third-order valence-electron chi connectivity index (χ3n) is 4.46. The molecule has 0 bridgehead atoms. The minimum absolute atomic E-state index is 0.699. The highest BCUT2D eigenvalue weighted by molar-refractivity contribution is 4.89. The Morgan fingerprint density at radius 3 is 2.00 bits per heavy atom. The molecule has 1 saturated heterocycles. The normalized spacial score (nSPS) is 25.7. The standard InChI is InChI=1S/C17H36N2/c1-7-15-12-19(16(8-2)11-18-15)17(9-13(3)4)10-14(5)6/h13-18H,7-12H2,1-6H3. The zero-order chi connectivity index (χ0) is 14.4. The van der Waals surface area contributed by atoms with Crippen molar-refractivity contribution in [2.45, 2.75) is 85.4 Å². The van der Waals surface area contributed by atoms with Gasteiger partial charge in [0, 0.05) is 31.2 Å². The summed E-state index contributed by atoms with van der Waals surface area (Å²) in [6.07, 6.45) is 5.23. The Kier molecular flexibility index (Phi) is 7.38. The minimum Gasteiger partial charge on any atom is -0.311 e. The molecule has 114 valence electrons. The van der Waals surface area contributed by atoms with Crippen LogP contribution in [0, 0.1) is 11.8 Å². The maximum absolute atomic E-state index is 3.72. The second-order valence-corrected chi connectivity index (χ2v) is 7.19. The zero-order valence-corrected chi connectivity index (χ0v) is 14.1. The summed E-state index contributed by atoms with van der Waals surface area (Å²) in [4.78, 5) is 2.84. The summed E-state index contributed by atoms with van der Waals surface area (Å²) in [7, 11) is 0. The third-order valence-corrected chi connectivity index (χ3v) is 4.46. The molecular weight excluding hydrogens is 232 g/mol. The van der Waals surface area contributed by atoms with Gasteiger partial charge in [-0.05, 0) is 37.5 Å². The van der Waals surface area contributed by atoms with Crippen LogP contribution in [0.4, 0.5) is 0 Å². The predicted molar refractivity (Wildman–Crippen MR) is 85.6 cm³/mol. The molecule has 0 saturated carbocycles. The molecule has 0 aromatic heterocycles. The van der Waals surface area contributed by atoms with Crippen LogP contribution in [0.15, 0.2) is 0 Å². The van der Waals surface area contributed by atoms with E-state index in [2.05, 4.69) is 51.8 Å². The number of piperazine rings is 1. The molecule has 1 aliphatic heterocycles. The predicted octanol–water partition coefficient (Wildman–Crippen LogP) is 3.91. The quantitative estimate of drug-likeness (QED) is 0.753. The highest BCUT2D eigenvalue weighted by Crippen LogP contribution is 2.24. The number of nitrogens with one attached hydrogen (secondary N) is 1. The van der Waals surface area contributed by atoms with Crippen LogP contribution in [-0.2, 0) is 0 Å². The molecule has 1 N–H and O–H groups in total. The lowest BCUT2D eigenvalue weighted by molar-refractivity contribution is 0.0566. The van der Waals surface area contributed by atoms with E-state index in [1.807, 2.05) is 0 Å². The highest BCUT2D eigenvalue weighted by atomic mass is 15.3. The first-order valence-electron chi connectivity index (χ1n) is 8.46. The van der Waals surface area contributed by atoms with Gasteiger partial charge in [0.2, 0.25) is 0 Å². The van der Waals surface area contributed by atoms with Gasteiger partial charge < -0.3 is 5.32 Å². The summed E-state index contributed by atoms with van der Waals surface area (Å²) >= 11 is 0. The topological polar surface area (TPSA) is 15.3 Å². The van der Waals surface area contributed by atoms with E-state index in [4.69, 9.17) is 0 Å². The van der Waals surface area contributed by atoms with Gasteiger partial charge in [-0.25, -0.2) is 0 Å². The average Bonchev–Trinajstić information content (AvgIpc) is 2.36. The van der Waals surface area contributed by atoms with Crippen molar-refractivity contribution in [3.8, 4) is 0 Å². The molecule has 0 radical (unpaired) electrons. The smallest absolute Gasteiger partial charge is 0.0221 e. The fourth-order valence-electron chi connectivity index (χ4n) is 3.44. The number of hydrogen-bond acceptors (Lipinski definition) is 2. The number of hydrogen-bond donors (Lipinski definition) is 1. The maximum atomic E-state index is 3.72. The van der Waals surface area contributed by atoms with Crippen LogP contribution in [-0.4, -0.2) is 36.1 Å². The Labute approximate surface area is 121 Å². The van der Waals surface area contributed by atoms with Crippen molar-refractivity contribution in [3.05, 3.63) is 0 Å². The van der Waals surface area contributed by atoms with E-state index < -0.39 is 0 Å². The van der Waals surface area contributed by atoms with Crippen LogP contribution in [0.25, 0.3) is 0 Å². The molecule has 0 amide bonds. The summed E-state index contributed by atoms with van der Waals surface area (Å²) in [5.74, 6) is 1.60. The first-order chi connectivity index (χ1) is 8.97. The van der Waals surface area contributed by atoms with Crippen molar-refractivity contribution in [2.24, 2.45) is 11.8 Å². The van der Waals surface area contributed by atoms with Gasteiger partial charge in [0.15, 0.2) is 0 Å². The molecule has 0 aromatic rings. The van der Waals surface area contributed by atoms with Crippen molar-refractivity contribution in [1.29, 1.82) is 0 Å². The Balaban J connectivity index is 2.75. The highest BCUT2D eigenvalue weighted by Gasteiger charge is 2.31. The minimum atomic E-state index is 0.699. The molecule has 2 atom stereocenters.